The Morgan fingerprint density at radius 3 is 2.72 bits per heavy atom. The maximum atomic E-state index is 12.2. The van der Waals surface area contributed by atoms with Crippen molar-refractivity contribution in [2.24, 2.45) is 5.73 Å². The number of nitrogens with one attached hydrogen (secondary N) is 1. The average molecular weight is 250 g/mol. The Kier molecular flexibility index (Phi) is 4.73. The highest BCUT2D eigenvalue weighted by atomic mass is 16.3. The molecule has 1 aromatic carbocycles. The fourth-order valence-electron chi connectivity index (χ4n) is 1.86. The molecule has 1 unspecified atom stereocenters. The number of nitrogens with two attached hydrogens (primary N) is 1. The average Bonchev–Trinajstić information content (AvgIpc) is 2.32. The van der Waals surface area contributed by atoms with Gasteiger partial charge in [0.25, 0.3) is 5.91 Å². The van der Waals surface area contributed by atoms with Gasteiger partial charge in [0, 0.05) is 16.7 Å². The van der Waals surface area contributed by atoms with E-state index in [0.717, 1.165) is 12.8 Å². The van der Waals surface area contributed by atoms with Crippen LogP contribution in [0.5, 0.6) is 5.75 Å². The van der Waals surface area contributed by atoms with E-state index in [1.54, 1.807) is 25.1 Å². The van der Waals surface area contributed by atoms with Gasteiger partial charge in [-0.25, -0.2) is 0 Å². The highest BCUT2D eigenvalue weighted by Gasteiger charge is 2.24. The molecule has 0 aliphatic carbocycles. The van der Waals surface area contributed by atoms with E-state index < -0.39 is 0 Å². The number of carbonyl (C=O) groups excluding carboxylic acids is 1. The molecular formula is C14H22N2O2. The summed E-state index contributed by atoms with van der Waals surface area (Å²) in [6, 6.07) is 4.96. The third kappa shape index (κ3) is 3.23. The van der Waals surface area contributed by atoms with Crippen molar-refractivity contribution in [2.75, 3.05) is 6.54 Å². The van der Waals surface area contributed by atoms with Gasteiger partial charge in [-0.05, 0) is 45.4 Å². The lowest BCUT2D eigenvalue weighted by atomic mass is 9.93. The van der Waals surface area contributed by atoms with Crippen LogP contribution in [-0.2, 0) is 0 Å². The van der Waals surface area contributed by atoms with Crippen molar-refractivity contribution in [1.29, 1.82) is 0 Å². The standard InChI is InChI=1S/C14H22N2O2/c1-4-14(3,8-9-15)16-13(18)11-6-5-7-12(17)10(11)2/h5-7,17H,4,8-9,15H2,1-3H3,(H,16,18). The van der Waals surface area contributed by atoms with Crippen LogP contribution in [0.25, 0.3) is 0 Å². The monoisotopic (exact) mass is 250 g/mol. The van der Waals surface area contributed by atoms with E-state index in [4.69, 9.17) is 5.73 Å². The molecule has 18 heavy (non-hydrogen) atoms. The SMILES string of the molecule is CCC(C)(CCN)NC(=O)c1cccc(O)c1C. The van der Waals surface area contributed by atoms with E-state index in [1.807, 2.05) is 13.8 Å². The summed E-state index contributed by atoms with van der Waals surface area (Å²) in [6.45, 7) is 6.27. The van der Waals surface area contributed by atoms with E-state index in [0.29, 0.717) is 17.7 Å². The summed E-state index contributed by atoms with van der Waals surface area (Å²) in [6.07, 6.45) is 1.54. The first-order chi connectivity index (χ1) is 8.43. The van der Waals surface area contributed by atoms with Crippen LogP contribution >= 0.6 is 0 Å². The van der Waals surface area contributed by atoms with Crippen molar-refractivity contribution < 1.29 is 9.90 Å². The molecule has 0 aliphatic heterocycles. The lowest BCUT2D eigenvalue weighted by molar-refractivity contribution is 0.0899. The second-order valence-corrected chi connectivity index (χ2v) is 4.86. The molecule has 0 saturated carbocycles. The molecule has 4 nitrogen and oxygen atoms in total. The van der Waals surface area contributed by atoms with Crippen LogP contribution in [0.3, 0.4) is 0 Å². The minimum atomic E-state index is -0.302. The zero-order valence-electron chi connectivity index (χ0n) is 11.3. The fraction of sp³-hybridized carbons (Fsp3) is 0.500. The minimum absolute atomic E-state index is 0.139. The Balaban J connectivity index is 2.91. The van der Waals surface area contributed by atoms with Crippen LogP contribution < -0.4 is 11.1 Å². The Labute approximate surface area is 108 Å². The van der Waals surface area contributed by atoms with Gasteiger partial charge in [0.15, 0.2) is 0 Å². The second kappa shape index (κ2) is 5.87. The molecule has 4 N–H and O–H groups in total. The molecule has 4 heteroatoms. The zero-order chi connectivity index (χ0) is 13.8. The Bertz CT molecular complexity index is 432. The molecular weight excluding hydrogens is 228 g/mol. The van der Waals surface area contributed by atoms with E-state index in [9.17, 15) is 9.90 Å². The van der Waals surface area contributed by atoms with Crippen LogP contribution in [0.15, 0.2) is 18.2 Å². The summed E-state index contributed by atoms with van der Waals surface area (Å²) in [4.78, 5) is 12.2. The van der Waals surface area contributed by atoms with E-state index in [1.165, 1.54) is 0 Å². The van der Waals surface area contributed by atoms with Crippen molar-refractivity contribution in [2.45, 2.75) is 39.2 Å². The number of benzene rings is 1. The topological polar surface area (TPSA) is 75.3 Å². The molecule has 0 heterocycles. The Morgan fingerprint density at radius 2 is 2.17 bits per heavy atom. The smallest absolute Gasteiger partial charge is 0.252 e. The van der Waals surface area contributed by atoms with Gasteiger partial charge >= 0.3 is 0 Å². The van der Waals surface area contributed by atoms with Crippen molar-refractivity contribution in [3.8, 4) is 5.75 Å². The predicted molar refractivity (Wildman–Crippen MR) is 72.7 cm³/mol. The first-order valence-electron chi connectivity index (χ1n) is 6.24. The first-order valence-corrected chi connectivity index (χ1v) is 6.24. The maximum absolute atomic E-state index is 12.2. The van der Waals surface area contributed by atoms with Crippen LogP contribution in [-0.4, -0.2) is 23.1 Å². The summed E-state index contributed by atoms with van der Waals surface area (Å²) in [7, 11) is 0. The molecule has 0 bridgehead atoms. The molecule has 1 atom stereocenters. The molecule has 0 spiro atoms. The minimum Gasteiger partial charge on any atom is -0.508 e. The number of phenols is 1. The van der Waals surface area contributed by atoms with E-state index in [-0.39, 0.29) is 17.2 Å². The third-order valence-corrected chi connectivity index (χ3v) is 3.44. The number of rotatable bonds is 5. The molecule has 1 rings (SSSR count). The van der Waals surface area contributed by atoms with Crippen molar-refractivity contribution in [1.82, 2.24) is 5.32 Å². The third-order valence-electron chi connectivity index (χ3n) is 3.44. The van der Waals surface area contributed by atoms with Gasteiger partial charge in [-0.2, -0.15) is 0 Å². The highest BCUT2D eigenvalue weighted by molar-refractivity contribution is 5.96. The molecule has 0 saturated heterocycles. The zero-order valence-corrected chi connectivity index (χ0v) is 11.3. The van der Waals surface area contributed by atoms with E-state index >= 15 is 0 Å². The molecule has 1 aromatic rings. The number of hydrogen-bond acceptors (Lipinski definition) is 3. The quantitative estimate of drug-likeness (QED) is 0.747. The van der Waals surface area contributed by atoms with E-state index in [2.05, 4.69) is 5.32 Å². The van der Waals surface area contributed by atoms with Crippen LogP contribution in [0, 0.1) is 6.92 Å². The van der Waals surface area contributed by atoms with Crippen molar-refractivity contribution >= 4 is 5.91 Å². The molecule has 0 fully saturated rings. The van der Waals surface area contributed by atoms with Crippen LogP contribution in [0.4, 0.5) is 0 Å². The van der Waals surface area contributed by atoms with Crippen molar-refractivity contribution in [3.63, 3.8) is 0 Å². The summed E-state index contributed by atoms with van der Waals surface area (Å²) < 4.78 is 0. The molecule has 0 radical (unpaired) electrons. The van der Waals surface area contributed by atoms with Gasteiger partial charge in [-0.3, -0.25) is 4.79 Å². The second-order valence-electron chi connectivity index (χ2n) is 4.86. The summed E-state index contributed by atoms with van der Waals surface area (Å²) in [5.74, 6) is -0.0270. The summed E-state index contributed by atoms with van der Waals surface area (Å²) in [5, 5.41) is 12.6. The van der Waals surface area contributed by atoms with Gasteiger partial charge in [0.1, 0.15) is 5.75 Å². The predicted octanol–water partition coefficient (Wildman–Crippen LogP) is 1.95. The largest absolute Gasteiger partial charge is 0.508 e. The fourth-order valence-corrected chi connectivity index (χ4v) is 1.86. The molecule has 100 valence electrons. The normalized spacial score (nSPS) is 14.0. The summed E-state index contributed by atoms with van der Waals surface area (Å²) >= 11 is 0. The number of hydrogen-bond donors (Lipinski definition) is 3. The number of phenolic OH excluding ortho intramolecular Hbond substituents is 1. The van der Waals surface area contributed by atoms with Gasteiger partial charge in [-0.15, -0.1) is 0 Å². The lowest BCUT2D eigenvalue weighted by Crippen LogP contribution is -2.47. The lowest BCUT2D eigenvalue weighted by Gasteiger charge is -2.29. The van der Waals surface area contributed by atoms with Crippen LogP contribution in [0.2, 0.25) is 0 Å². The van der Waals surface area contributed by atoms with Gasteiger partial charge in [0.05, 0.1) is 0 Å². The highest BCUT2D eigenvalue weighted by Crippen LogP contribution is 2.21. The number of aromatic hydroxyl groups is 1. The molecule has 1 amide bonds. The first kappa shape index (κ1) is 14.5. The molecule has 0 aliphatic rings. The number of amides is 1. The maximum Gasteiger partial charge on any atom is 0.252 e. The van der Waals surface area contributed by atoms with Crippen molar-refractivity contribution in [3.05, 3.63) is 29.3 Å². The Hall–Kier alpha value is -1.55. The van der Waals surface area contributed by atoms with Gasteiger partial charge in [-0.1, -0.05) is 13.0 Å². The van der Waals surface area contributed by atoms with Gasteiger partial charge in [0.2, 0.25) is 0 Å². The molecule has 0 aromatic heterocycles. The summed E-state index contributed by atoms with van der Waals surface area (Å²) in [5.41, 5.74) is 6.37. The number of carbonyl (C=O) groups is 1. The van der Waals surface area contributed by atoms with Crippen LogP contribution in [0.1, 0.15) is 42.6 Å². The van der Waals surface area contributed by atoms with Gasteiger partial charge < -0.3 is 16.2 Å². The Morgan fingerprint density at radius 1 is 1.50 bits per heavy atom.